The molecule has 0 bridgehead atoms. The van der Waals surface area contributed by atoms with Crippen LogP contribution in [0.2, 0.25) is 0 Å². The second-order valence-electron chi connectivity index (χ2n) is 14.1. The highest BCUT2D eigenvalue weighted by atomic mass is 19.1. The molecule has 3 aliphatic rings. The summed E-state index contributed by atoms with van der Waals surface area (Å²) in [5.74, 6) is 0.879. The van der Waals surface area contributed by atoms with E-state index < -0.39 is 11.4 Å². The Morgan fingerprint density at radius 2 is 1.91 bits per heavy atom. The fourth-order valence-electron chi connectivity index (χ4n) is 6.58. The molecule has 1 aromatic rings. The van der Waals surface area contributed by atoms with E-state index in [9.17, 15) is 14.0 Å². The Hall–Kier alpha value is -3.41. The second-order valence-corrected chi connectivity index (χ2v) is 14.1. The van der Waals surface area contributed by atoms with Crippen molar-refractivity contribution >= 4 is 23.7 Å². The number of hydrogen-bond donors (Lipinski definition) is 2. The van der Waals surface area contributed by atoms with Crippen molar-refractivity contribution in [3.63, 3.8) is 0 Å². The Morgan fingerprint density at radius 3 is 2.56 bits per heavy atom. The lowest BCUT2D eigenvalue weighted by molar-refractivity contribution is -0.0380. The molecule has 0 unspecified atom stereocenters. The predicted octanol–water partition coefficient (Wildman–Crippen LogP) is 4.68. The highest BCUT2D eigenvalue weighted by Crippen LogP contribution is 2.42. The Bertz CT molecular complexity index is 1270. The van der Waals surface area contributed by atoms with E-state index in [1.807, 2.05) is 41.5 Å². The molecule has 2 saturated heterocycles. The molecular weight excluding hydrogens is 577 g/mol. The third-order valence-electron chi connectivity index (χ3n) is 8.67. The lowest BCUT2D eigenvalue weighted by Gasteiger charge is -2.53. The molecule has 0 aromatic heterocycles. The van der Waals surface area contributed by atoms with Gasteiger partial charge in [-0.3, -0.25) is 15.1 Å². The van der Waals surface area contributed by atoms with Crippen LogP contribution in [-0.2, 0) is 4.74 Å². The zero-order valence-electron chi connectivity index (χ0n) is 28.3. The van der Waals surface area contributed by atoms with Crippen LogP contribution < -0.4 is 15.5 Å². The number of benzene rings is 1. The van der Waals surface area contributed by atoms with Crippen LogP contribution in [0.1, 0.15) is 85.0 Å². The second kappa shape index (κ2) is 14.3. The van der Waals surface area contributed by atoms with E-state index in [1.54, 1.807) is 4.90 Å². The molecule has 4 rings (SSSR count). The summed E-state index contributed by atoms with van der Waals surface area (Å²) in [6.45, 7) is 21.0. The molecule has 3 aliphatic heterocycles. The topological polar surface area (TPSA) is 111 Å². The lowest BCUT2D eigenvalue weighted by Crippen LogP contribution is -2.62. The van der Waals surface area contributed by atoms with Crippen LogP contribution in [0.15, 0.2) is 28.3 Å². The van der Waals surface area contributed by atoms with Crippen molar-refractivity contribution in [1.29, 1.82) is 0 Å². The number of hydrazone groups is 1. The zero-order valence-corrected chi connectivity index (χ0v) is 28.3. The number of ether oxygens (including phenoxy) is 2. The molecule has 1 spiro atoms. The molecule has 0 saturated carbocycles. The number of carbonyl (C=O) groups excluding carboxylic acids is 2. The van der Waals surface area contributed by atoms with E-state index in [2.05, 4.69) is 39.5 Å². The summed E-state index contributed by atoms with van der Waals surface area (Å²) in [7, 11) is 0. The molecule has 2 amide bonds. The maximum absolute atomic E-state index is 14.3. The van der Waals surface area contributed by atoms with E-state index >= 15 is 0 Å². The Kier molecular flexibility index (Phi) is 11.0. The molecule has 45 heavy (non-hydrogen) atoms. The van der Waals surface area contributed by atoms with Gasteiger partial charge in [-0.2, -0.15) is 0 Å². The van der Waals surface area contributed by atoms with Crippen molar-refractivity contribution < 1.29 is 23.5 Å². The average molecular weight is 630 g/mol. The summed E-state index contributed by atoms with van der Waals surface area (Å²) in [6, 6.07) is 4.39. The third-order valence-corrected chi connectivity index (χ3v) is 8.67. The molecule has 1 atom stereocenters. The van der Waals surface area contributed by atoms with Gasteiger partial charge in [0.05, 0.1) is 5.56 Å². The maximum atomic E-state index is 14.3. The Balaban J connectivity index is 1.36. The zero-order chi connectivity index (χ0) is 32.9. The van der Waals surface area contributed by atoms with Gasteiger partial charge < -0.3 is 24.6 Å². The standard InChI is InChI=1S/C33H52FN7O4/c1-9-41(23(4)5)30(42)25-17-24(34)12-13-27(25)44-29-28(36-21-37-38-29)39-16-14-33(18-39)19-40(20-33)26(22(2)3)11-10-15-35-31(43)45-32(6,7)8/h12-13,17,22-23,26,37H,9-11,14-16,18-21H2,1-8H3,(H,35,43)/t26-/m0/s1. The largest absolute Gasteiger partial charge is 0.444 e. The Labute approximate surface area is 267 Å². The van der Waals surface area contributed by atoms with Crippen LogP contribution in [0.3, 0.4) is 0 Å². The van der Waals surface area contributed by atoms with Crippen LogP contribution >= 0.6 is 0 Å². The number of rotatable bonds is 10. The first-order chi connectivity index (χ1) is 21.2. The minimum atomic E-state index is -0.503. The van der Waals surface area contributed by atoms with E-state index in [1.165, 1.54) is 18.2 Å². The van der Waals surface area contributed by atoms with E-state index in [4.69, 9.17) is 14.5 Å². The number of halogens is 1. The van der Waals surface area contributed by atoms with Crippen LogP contribution in [0, 0.1) is 17.2 Å². The number of nitrogens with one attached hydrogen (secondary N) is 2. The van der Waals surface area contributed by atoms with Crippen LogP contribution in [-0.4, -0.2) is 102 Å². The first-order valence-electron chi connectivity index (χ1n) is 16.3. The number of carbonyl (C=O) groups is 2. The van der Waals surface area contributed by atoms with Crippen LogP contribution in [0.25, 0.3) is 0 Å². The first kappa shape index (κ1) is 34.5. The van der Waals surface area contributed by atoms with E-state index in [0.717, 1.165) is 45.4 Å². The summed E-state index contributed by atoms with van der Waals surface area (Å²) < 4.78 is 25.9. The minimum Gasteiger partial charge on any atom is -0.444 e. The van der Waals surface area contributed by atoms with Crippen LogP contribution in [0.4, 0.5) is 9.18 Å². The quantitative estimate of drug-likeness (QED) is 0.362. The fourth-order valence-corrected chi connectivity index (χ4v) is 6.58. The molecule has 0 radical (unpaired) electrons. The molecule has 250 valence electrons. The monoisotopic (exact) mass is 629 g/mol. The number of amides is 2. The molecule has 1 aromatic carbocycles. The highest BCUT2D eigenvalue weighted by Gasteiger charge is 2.50. The lowest BCUT2D eigenvalue weighted by atomic mass is 9.76. The smallest absolute Gasteiger partial charge is 0.407 e. The summed E-state index contributed by atoms with van der Waals surface area (Å²) in [6.07, 6.45) is 2.56. The minimum absolute atomic E-state index is 0.0450. The molecule has 2 fully saturated rings. The first-order valence-corrected chi connectivity index (χ1v) is 16.3. The van der Waals surface area contributed by atoms with Gasteiger partial charge in [-0.15, -0.1) is 5.10 Å². The molecule has 0 aliphatic carbocycles. The van der Waals surface area contributed by atoms with Crippen molar-refractivity contribution in [3.8, 4) is 5.75 Å². The van der Waals surface area contributed by atoms with Crippen LogP contribution in [0.5, 0.6) is 5.75 Å². The van der Waals surface area contributed by atoms with Gasteiger partial charge in [0.1, 0.15) is 23.8 Å². The maximum Gasteiger partial charge on any atom is 0.407 e. The van der Waals surface area contributed by atoms with Crippen molar-refractivity contribution in [2.45, 2.75) is 92.3 Å². The SMILES string of the molecule is CCN(C(=O)c1cc(F)ccc1OC1=NNCN=C1N1CCC2(C1)CN([C@@H](CCCNC(=O)OC(C)(C)C)C(C)C)C2)C(C)C. The molecule has 11 nitrogen and oxygen atoms in total. The van der Waals surface area contributed by atoms with Gasteiger partial charge in [-0.25, -0.2) is 14.2 Å². The average Bonchev–Trinajstić information content (AvgIpc) is 3.38. The van der Waals surface area contributed by atoms with Crippen molar-refractivity contribution in [1.82, 2.24) is 25.4 Å². The molecule has 2 N–H and O–H groups in total. The van der Waals surface area contributed by atoms with Gasteiger partial charge in [0, 0.05) is 56.8 Å². The number of alkyl carbamates (subject to hydrolysis) is 1. The van der Waals surface area contributed by atoms with Gasteiger partial charge in [0.25, 0.3) is 11.8 Å². The third kappa shape index (κ3) is 8.65. The summed E-state index contributed by atoms with van der Waals surface area (Å²) in [4.78, 5) is 36.5. The molecule has 12 heteroatoms. The van der Waals surface area contributed by atoms with Gasteiger partial charge in [0.2, 0.25) is 0 Å². The van der Waals surface area contributed by atoms with Gasteiger partial charge in [0.15, 0.2) is 5.84 Å². The van der Waals surface area contributed by atoms with Crippen molar-refractivity contribution in [2.75, 3.05) is 45.9 Å². The number of nitrogens with zero attached hydrogens (tertiary/aromatic N) is 5. The Morgan fingerprint density at radius 1 is 1.18 bits per heavy atom. The molecule has 3 heterocycles. The number of amidine groups is 1. The number of hydrogen-bond acceptors (Lipinski definition) is 9. The summed E-state index contributed by atoms with van der Waals surface area (Å²) >= 11 is 0. The number of aliphatic imine (C=N–C) groups is 1. The van der Waals surface area contributed by atoms with Crippen molar-refractivity contribution in [3.05, 3.63) is 29.6 Å². The fraction of sp³-hybridized carbons (Fsp3) is 0.697. The number of likely N-dealkylation sites (tertiary alicyclic amines) is 2. The van der Waals surface area contributed by atoms with Gasteiger partial charge in [-0.1, -0.05) is 13.8 Å². The van der Waals surface area contributed by atoms with Gasteiger partial charge in [-0.05, 0) is 84.9 Å². The van der Waals surface area contributed by atoms with Crippen molar-refractivity contribution in [2.24, 2.45) is 21.4 Å². The van der Waals surface area contributed by atoms with E-state index in [-0.39, 0.29) is 40.7 Å². The summed E-state index contributed by atoms with van der Waals surface area (Å²) in [5, 5.41) is 7.29. The predicted molar refractivity (Wildman–Crippen MR) is 174 cm³/mol. The highest BCUT2D eigenvalue weighted by molar-refractivity contribution is 6.38. The summed E-state index contributed by atoms with van der Waals surface area (Å²) in [5.41, 5.74) is 2.70. The van der Waals surface area contributed by atoms with E-state index in [0.29, 0.717) is 37.6 Å². The normalized spacial score (nSPS) is 18.7. The van der Waals surface area contributed by atoms with Gasteiger partial charge >= 0.3 is 6.09 Å². The molecular formula is C33H52FN7O4.